The van der Waals surface area contributed by atoms with E-state index in [1.165, 1.54) is 12.4 Å². The minimum absolute atomic E-state index is 0.116. The van der Waals surface area contributed by atoms with Crippen molar-refractivity contribution in [1.29, 1.82) is 0 Å². The maximum absolute atomic E-state index is 13.1. The van der Waals surface area contributed by atoms with Crippen molar-refractivity contribution in [3.63, 3.8) is 0 Å². The quantitative estimate of drug-likeness (QED) is 0.602. The van der Waals surface area contributed by atoms with E-state index in [2.05, 4.69) is 4.98 Å². The molecule has 106 valence electrons. The first-order valence-electron chi connectivity index (χ1n) is 5.45. The number of aromatic nitrogens is 1. The number of hydrogen-bond acceptors (Lipinski definition) is 2. The van der Waals surface area contributed by atoms with E-state index in [0.717, 1.165) is 6.07 Å². The SMILES string of the molecule is Fc1ccc(Oc2cnccc2CCl)cc1C(F)(F)F. The van der Waals surface area contributed by atoms with E-state index >= 15 is 0 Å². The second-order valence-electron chi connectivity index (χ2n) is 3.86. The van der Waals surface area contributed by atoms with E-state index < -0.39 is 17.6 Å². The van der Waals surface area contributed by atoms with Gasteiger partial charge in [0.25, 0.3) is 0 Å². The highest BCUT2D eigenvalue weighted by molar-refractivity contribution is 6.17. The predicted molar refractivity (Wildman–Crippen MR) is 65.3 cm³/mol. The molecule has 2 nitrogen and oxygen atoms in total. The highest BCUT2D eigenvalue weighted by Crippen LogP contribution is 2.35. The van der Waals surface area contributed by atoms with Crippen molar-refractivity contribution in [3.8, 4) is 11.5 Å². The van der Waals surface area contributed by atoms with Crippen LogP contribution in [0.1, 0.15) is 11.1 Å². The molecule has 0 aliphatic heterocycles. The number of pyridine rings is 1. The number of nitrogens with zero attached hydrogens (tertiary/aromatic N) is 1. The van der Waals surface area contributed by atoms with E-state index in [4.69, 9.17) is 16.3 Å². The van der Waals surface area contributed by atoms with Crippen LogP contribution in [0, 0.1) is 5.82 Å². The molecular weight excluding hydrogens is 298 g/mol. The summed E-state index contributed by atoms with van der Waals surface area (Å²) in [5.41, 5.74) is -0.814. The fourth-order valence-corrected chi connectivity index (χ4v) is 1.74. The molecule has 7 heteroatoms. The molecule has 0 radical (unpaired) electrons. The summed E-state index contributed by atoms with van der Waals surface area (Å²) in [6.45, 7) is 0. The largest absolute Gasteiger partial charge is 0.455 e. The molecule has 0 aliphatic carbocycles. The molecule has 0 saturated carbocycles. The average molecular weight is 306 g/mol. The smallest absolute Gasteiger partial charge is 0.419 e. The summed E-state index contributed by atoms with van der Waals surface area (Å²) in [5.74, 6) is -1.15. The van der Waals surface area contributed by atoms with Gasteiger partial charge in [-0.05, 0) is 24.3 Å². The van der Waals surface area contributed by atoms with Gasteiger partial charge in [0, 0.05) is 11.8 Å². The van der Waals surface area contributed by atoms with E-state index in [-0.39, 0.29) is 17.4 Å². The Balaban J connectivity index is 2.35. The Kier molecular flexibility index (Phi) is 4.13. The van der Waals surface area contributed by atoms with Gasteiger partial charge in [0.05, 0.1) is 17.6 Å². The van der Waals surface area contributed by atoms with Crippen molar-refractivity contribution in [2.45, 2.75) is 12.1 Å². The van der Waals surface area contributed by atoms with Gasteiger partial charge < -0.3 is 4.74 Å². The van der Waals surface area contributed by atoms with Crippen molar-refractivity contribution in [2.75, 3.05) is 0 Å². The monoisotopic (exact) mass is 305 g/mol. The van der Waals surface area contributed by atoms with Crippen LogP contribution in [0.3, 0.4) is 0 Å². The van der Waals surface area contributed by atoms with Crippen LogP contribution in [0.4, 0.5) is 17.6 Å². The highest BCUT2D eigenvalue weighted by Gasteiger charge is 2.34. The maximum Gasteiger partial charge on any atom is 0.419 e. The van der Waals surface area contributed by atoms with Crippen molar-refractivity contribution >= 4 is 11.6 Å². The number of rotatable bonds is 3. The number of alkyl halides is 4. The number of benzene rings is 1. The zero-order chi connectivity index (χ0) is 14.8. The topological polar surface area (TPSA) is 22.1 Å². The Bertz CT molecular complexity index is 616. The van der Waals surface area contributed by atoms with Crippen LogP contribution in [0.15, 0.2) is 36.7 Å². The molecule has 1 aromatic heterocycles. The molecule has 20 heavy (non-hydrogen) atoms. The summed E-state index contributed by atoms with van der Waals surface area (Å²) >= 11 is 5.68. The van der Waals surface area contributed by atoms with Gasteiger partial charge in [-0.1, -0.05) is 0 Å². The molecule has 0 bridgehead atoms. The average Bonchev–Trinajstić information content (AvgIpc) is 2.40. The third-order valence-corrected chi connectivity index (χ3v) is 2.77. The number of hydrogen-bond donors (Lipinski definition) is 0. The molecule has 0 atom stereocenters. The van der Waals surface area contributed by atoms with Gasteiger partial charge in [-0.25, -0.2) is 4.39 Å². The number of ether oxygens (including phenoxy) is 1. The standard InChI is InChI=1S/C13H8ClF4NO/c14-6-8-3-4-19-7-12(8)20-9-1-2-11(15)10(5-9)13(16,17)18/h1-5,7H,6H2. The first-order chi connectivity index (χ1) is 9.41. The van der Waals surface area contributed by atoms with Crippen molar-refractivity contribution in [1.82, 2.24) is 4.98 Å². The summed E-state index contributed by atoms with van der Waals surface area (Å²) < 4.78 is 56.2. The summed E-state index contributed by atoms with van der Waals surface area (Å²) in [6, 6.07) is 3.99. The number of halogens is 5. The van der Waals surface area contributed by atoms with Gasteiger partial charge in [0.2, 0.25) is 0 Å². The molecule has 2 rings (SSSR count). The Hall–Kier alpha value is -1.82. The summed E-state index contributed by atoms with van der Waals surface area (Å²) in [7, 11) is 0. The van der Waals surface area contributed by atoms with Gasteiger partial charge in [-0.2, -0.15) is 13.2 Å². The Labute approximate surface area is 117 Å². The zero-order valence-corrected chi connectivity index (χ0v) is 10.7. The van der Waals surface area contributed by atoms with Crippen molar-refractivity contribution in [2.24, 2.45) is 0 Å². The molecule has 1 aromatic carbocycles. The molecular formula is C13H8ClF4NO. The molecule has 0 N–H and O–H groups in total. The Morgan fingerprint density at radius 2 is 1.95 bits per heavy atom. The van der Waals surface area contributed by atoms with E-state index in [9.17, 15) is 17.6 Å². The third-order valence-electron chi connectivity index (χ3n) is 2.49. The highest BCUT2D eigenvalue weighted by atomic mass is 35.5. The fraction of sp³-hybridized carbons (Fsp3) is 0.154. The van der Waals surface area contributed by atoms with Gasteiger partial charge in [0.1, 0.15) is 17.3 Å². The van der Waals surface area contributed by atoms with Crippen LogP contribution in [0.25, 0.3) is 0 Å². The van der Waals surface area contributed by atoms with Crippen molar-refractivity contribution < 1.29 is 22.3 Å². The van der Waals surface area contributed by atoms with Gasteiger partial charge >= 0.3 is 6.18 Å². The minimum atomic E-state index is -4.78. The van der Waals surface area contributed by atoms with E-state index in [1.54, 1.807) is 6.07 Å². The van der Waals surface area contributed by atoms with Crippen LogP contribution < -0.4 is 4.74 Å². The third kappa shape index (κ3) is 3.19. The lowest BCUT2D eigenvalue weighted by Crippen LogP contribution is -2.08. The Morgan fingerprint density at radius 3 is 2.60 bits per heavy atom. The van der Waals surface area contributed by atoms with Crippen LogP contribution in [-0.2, 0) is 12.1 Å². The van der Waals surface area contributed by atoms with Crippen LogP contribution in [0.5, 0.6) is 11.5 Å². The van der Waals surface area contributed by atoms with E-state index in [1.807, 2.05) is 0 Å². The summed E-state index contributed by atoms with van der Waals surface area (Å²) in [5, 5.41) is 0. The lowest BCUT2D eigenvalue weighted by Gasteiger charge is -2.12. The minimum Gasteiger partial charge on any atom is -0.455 e. The maximum atomic E-state index is 13.1. The van der Waals surface area contributed by atoms with Gasteiger partial charge in [0.15, 0.2) is 0 Å². The molecule has 0 amide bonds. The first kappa shape index (κ1) is 14.6. The molecule has 0 fully saturated rings. The molecule has 0 spiro atoms. The molecule has 1 heterocycles. The van der Waals surface area contributed by atoms with Gasteiger partial charge in [-0.15, -0.1) is 11.6 Å². The molecule has 2 aromatic rings. The van der Waals surface area contributed by atoms with Crippen LogP contribution in [0.2, 0.25) is 0 Å². The van der Waals surface area contributed by atoms with Gasteiger partial charge in [-0.3, -0.25) is 4.98 Å². The zero-order valence-electron chi connectivity index (χ0n) is 9.92. The first-order valence-corrected chi connectivity index (χ1v) is 5.98. The second kappa shape index (κ2) is 5.66. The normalized spacial score (nSPS) is 11.4. The Morgan fingerprint density at radius 1 is 1.20 bits per heavy atom. The van der Waals surface area contributed by atoms with E-state index in [0.29, 0.717) is 17.7 Å². The second-order valence-corrected chi connectivity index (χ2v) is 4.13. The summed E-state index contributed by atoms with van der Waals surface area (Å²) in [6.07, 6.45) is -1.97. The van der Waals surface area contributed by atoms with Crippen molar-refractivity contribution in [3.05, 3.63) is 53.6 Å². The lowest BCUT2D eigenvalue weighted by molar-refractivity contribution is -0.140. The summed E-state index contributed by atoms with van der Waals surface area (Å²) in [4.78, 5) is 3.80. The molecule has 0 aliphatic rings. The van der Waals surface area contributed by atoms with Crippen LogP contribution >= 0.6 is 11.6 Å². The fourth-order valence-electron chi connectivity index (χ4n) is 1.52. The molecule has 0 unspecified atom stereocenters. The molecule has 0 saturated heterocycles. The predicted octanol–water partition coefficient (Wildman–Crippen LogP) is 4.77. The van der Waals surface area contributed by atoms with Crippen LogP contribution in [-0.4, -0.2) is 4.98 Å². The lowest BCUT2D eigenvalue weighted by atomic mass is 10.2.